The number of hydrogen-bond donors (Lipinski definition) is 4. The van der Waals surface area contributed by atoms with Crippen LogP contribution in [0, 0.1) is 5.82 Å². The van der Waals surface area contributed by atoms with Gasteiger partial charge in [0.25, 0.3) is 5.56 Å². The maximum atomic E-state index is 13.2. The van der Waals surface area contributed by atoms with Crippen LogP contribution in [0.4, 0.5) is 4.39 Å². The highest BCUT2D eigenvalue weighted by Crippen LogP contribution is 2.35. The maximum absolute atomic E-state index is 13.2. The molecule has 4 unspecified atom stereocenters. The molecule has 1 saturated heterocycles. The third-order valence-electron chi connectivity index (χ3n) is 3.14. The molecule has 1 aromatic rings. The zero-order chi connectivity index (χ0) is 14.4. The molecular weight excluding hydrogens is 263 g/mol. The van der Waals surface area contributed by atoms with E-state index in [1.165, 1.54) is 6.92 Å². The third kappa shape index (κ3) is 2.10. The van der Waals surface area contributed by atoms with E-state index in [-0.39, 0.29) is 0 Å². The summed E-state index contributed by atoms with van der Waals surface area (Å²) in [7, 11) is 0. The Bertz CT molecular complexity index is 598. The number of halogens is 1. The lowest BCUT2D eigenvalue weighted by atomic mass is 9.99. The number of aliphatic hydroxyl groups is 3. The molecule has 1 aliphatic rings. The number of nitrogens with one attached hydrogen (secondary N) is 1. The predicted molar refractivity (Wildman–Crippen MR) is 58.9 cm³/mol. The first-order valence-electron chi connectivity index (χ1n) is 5.46. The monoisotopic (exact) mass is 276 g/mol. The summed E-state index contributed by atoms with van der Waals surface area (Å²) in [6, 6.07) is 0. The molecule has 0 aromatic carbocycles. The summed E-state index contributed by atoms with van der Waals surface area (Å²) in [4.78, 5) is 24.1. The second kappa shape index (κ2) is 4.53. The van der Waals surface area contributed by atoms with E-state index in [4.69, 9.17) is 9.84 Å². The number of aromatic amines is 1. The Balaban J connectivity index is 2.47. The first kappa shape index (κ1) is 13.9. The molecule has 1 aliphatic heterocycles. The summed E-state index contributed by atoms with van der Waals surface area (Å²) in [6.45, 7) is 0.719. The highest BCUT2D eigenvalue weighted by Gasteiger charge is 2.52. The van der Waals surface area contributed by atoms with Crippen molar-refractivity contribution in [2.24, 2.45) is 0 Å². The average molecular weight is 276 g/mol. The molecule has 0 bridgehead atoms. The first-order valence-corrected chi connectivity index (χ1v) is 5.46. The van der Waals surface area contributed by atoms with Crippen molar-refractivity contribution in [3.05, 3.63) is 32.9 Å². The molecule has 4 atom stereocenters. The van der Waals surface area contributed by atoms with Gasteiger partial charge in [0.1, 0.15) is 17.8 Å². The van der Waals surface area contributed by atoms with Crippen molar-refractivity contribution >= 4 is 0 Å². The van der Waals surface area contributed by atoms with Gasteiger partial charge < -0.3 is 20.1 Å². The minimum absolute atomic E-state index is 0.574. The fourth-order valence-corrected chi connectivity index (χ4v) is 1.93. The van der Waals surface area contributed by atoms with Gasteiger partial charge in [0.2, 0.25) is 5.82 Å². The summed E-state index contributed by atoms with van der Waals surface area (Å²) >= 11 is 0. The molecule has 1 aromatic heterocycles. The van der Waals surface area contributed by atoms with E-state index < -0.39 is 47.7 Å². The van der Waals surface area contributed by atoms with Crippen LogP contribution in [0.1, 0.15) is 13.2 Å². The maximum Gasteiger partial charge on any atom is 0.330 e. The van der Waals surface area contributed by atoms with Crippen LogP contribution in [0.3, 0.4) is 0 Å². The molecule has 8 nitrogen and oxygen atoms in total. The summed E-state index contributed by atoms with van der Waals surface area (Å²) in [6.07, 6.45) is -3.86. The second-order valence-electron chi connectivity index (χ2n) is 4.56. The quantitative estimate of drug-likeness (QED) is 0.480. The SMILES string of the molecule is CC1(CO)OC(n2cc(F)c(=O)[nH]c2=O)C(O)C1O. The van der Waals surface area contributed by atoms with Gasteiger partial charge in [-0.3, -0.25) is 14.3 Å². The van der Waals surface area contributed by atoms with Crippen LogP contribution in [-0.2, 0) is 4.74 Å². The highest BCUT2D eigenvalue weighted by atomic mass is 19.1. The highest BCUT2D eigenvalue weighted by molar-refractivity contribution is 5.00. The fraction of sp³-hybridized carbons (Fsp3) is 0.600. The zero-order valence-electron chi connectivity index (χ0n) is 9.91. The van der Waals surface area contributed by atoms with Crippen LogP contribution in [-0.4, -0.2) is 49.3 Å². The molecule has 0 spiro atoms. The molecule has 0 amide bonds. The zero-order valence-corrected chi connectivity index (χ0v) is 9.91. The number of aliphatic hydroxyl groups excluding tert-OH is 3. The van der Waals surface area contributed by atoms with Gasteiger partial charge in [-0.1, -0.05) is 0 Å². The normalized spacial score (nSPS) is 34.7. The lowest BCUT2D eigenvalue weighted by Crippen LogP contribution is -2.43. The topological polar surface area (TPSA) is 125 Å². The van der Waals surface area contributed by atoms with Gasteiger partial charge in [-0.05, 0) is 6.92 Å². The van der Waals surface area contributed by atoms with E-state index in [0.29, 0.717) is 10.8 Å². The molecule has 1 fully saturated rings. The van der Waals surface area contributed by atoms with E-state index >= 15 is 0 Å². The summed E-state index contributed by atoms with van der Waals surface area (Å²) in [5, 5.41) is 28.7. The van der Waals surface area contributed by atoms with E-state index in [1.54, 1.807) is 4.98 Å². The average Bonchev–Trinajstić information content (AvgIpc) is 2.59. The number of H-pyrrole nitrogens is 1. The summed E-state index contributed by atoms with van der Waals surface area (Å²) < 4.78 is 19.0. The van der Waals surface area contributed by atoms with Crippen LogP contribution >= 0.6 is 0 Å². The number of rotatable bonds is 2. The van der Waals surface area contributed by atoms with Gasteiger partial charge in [0, 0.05) is 0 Å². The van der Waals surface area contributed by atoms with E-state index in [2.05, 4.69) is 0 Å². The standard InChI is InChI=1S/C10H13FN2O6/c1-10(3-14)6(16)5(15)8(19-10)13-2-4(11)7(17)12-9(13)18/h2,5-6,8,14-16H,3H2,1H3,(H,12,17,18). The summed E-state index contributed by atoms with van der Waals surface area (Å²) in [5.41, 5.74) is -3.68. The van der Waals surface area contributed by atoms with Crippen molar-refractivity contribution in [3.63, 3.8) is 0 Å². The number of ether oxygens (including phenoxy) is 1. The van der Waals surface area contributed by atoms with Crippen molar-refractivity contribution in [3.8, 4) is 0 Å². The van der Waals surface area contributed by atoms with Crippen molar-refractivity contribution in [2.75, 3.05) is 6.61 Å². The molecule has 9 heteroatoms. The van der Waals surface area contributed by atoms with Gasteiger partial charge in [-0.2, -0.15) is 4.39 Å². The van der Waals surface area contributed by atoms with E-state index in [1.807, 2.05) is 0 Å². The van der Waals surface area contributed by atoms with Gasteiger partial charge in [0.15, 0.2) is 6.23 Å². The smallest absolute Gasteiger partial charge is 0.330 e. The Labute approximate surface area is 105 Å². The lowest BCUT2D eigenvalue weighted by molar-refractivity contribution is -0.118. The van der Waals surface area contributed by atoms with Crippen molar-refractivity contribution < 1.29 is 24.4 Å². The van der Waals surface area contributed by atoms with Crippen LogP contribution in [0.15, 0.2) is 15.8 Å². The van der Waals surface area contributed by atoms with E-state index in [9.17, 15) is 24.2 Å². The van der Waals surface area contributed by atoms with Gasteiger partial charge in [-0.25, -0.2) is 4.79 Å². The Morgan fingerprint density at radius 3 is 2.68 bits per heavy atom. The summed E-state index contributed by atoms with van der Waals surface area (Å²) in [5.74, 6) is -1.23. The molecule has 4 N–H and O–H groups in total. The fourth-order valence-electron chi connectivity index (χ4n) is 1.93. The number of aromatic nitrogens is 2. The first-order chi connectivity index (χ1) is 8.80. The minimum Gasteiger partial charge on any atom is -0.393 e. The molecular formula is C10H13FN2O6. The minimum atomic E-state index is -1.56. The number of nitrogens with zero attached hydrogens (tertiary/aromatic N) is 1. The molecule has 19 heavy (non-hydrogen) atoms. The Kier molecular flexibility index (Phi) is 3.31. The molecule has 0 aliphatic carbocycles. The third-order valence-corrected chi connectivity index (χ3v) is 3.14. The van der Waals surface area contributed by atoms with Crippen molar-refractivity contribution in [2.45, 2.75) is 31.0 Å². The van der Waals surface area contributed by atoms with Gasteiger partial charge in [0.05, 0.1) is 12.8 Å². The van der Waals surface area contributed by atoms with Crippen molar-refractivity contribution in [1.82, 2.24) is 9.55 Å². The van der Waals surface area contributed by atoms with Crippen molar-refractivity contribution in [1.29, 1.82) is 0 Å². The van der Waals surface area contributed by atoms with E-state index in [0.717, 1.165) is 0 Å². The molecule has 0 radical (unpaired) electrons. The second-order valence-corrected chi connectivity index (χ2v) is 4.56. The molecule has 0 saturated carbocycles. The van der Waals surface area contributed by atoms with Gasteiger partial charge >= 0.3 is 5.69 Å². The van der Waals surface area contributed by atoms with Crippen LogP contribution < -0.4 is 11.2 Å². The predicted octanol–water partition coefficient (Wildman–Crippen LogP) is -2.32. The Morgan fingerprint density at radius 1 is 1.53 bits per heavy atom. The van der Waals surface area contributed by atoms with Crippen LogP contribution in [0.2, 0.25) is 0 Å². The largest absolute Gasteiger partial charge is 0.393 e. The Morgan fingerprint density at radius 2 is 2.16 bits per heavy atom. The number of hydrogen-bond acceptors (Lipinski definition) is 6. The van der Waals surface area contributed by atoms with Gasteiger partial charge in [-0.15, -0.1) is 0 Å². The molecule has 2 rings (SSSR count). The lowest BCUT2D eigenvalue weighted by Gasteiger charge is -2.24. The Hall–Kier alpha value is -1.55. The molecule has 106 valence electrons. The van der Waals surface area contributed by atoms with Crippen LogP contribution in [0.25, 0.3) is 0 Å². The molecule has 2 heterocycles. The van der Waals surface area contributed by atoms with Crippen LogP contribution in [0.5, 0.6) is 0 Å².